The van der Waals surface area contributed by atoms with Crippen LogP contribution in [0.3, 0.4) is 0 Å². The number of aromatic hydroxyl groups is 4. The van der Waals surface area contributed by atoms with E-state index in [1.807, 2.05) is 13.8 Å². The minimum Gasteiger partial charge on any atom is -0.507 e. The summed E-state index contributed by atoms with van der Waals surface area (Å²) in [6.07, 6.45) is 1.55. The number of phenolic OH excluding ortho intramolecular Hbond substituents is 4. The van der Waals surface area contributed by atoms with E-state index in [-0.39, 0.29) is 32.5 Å². The van der Waals surface area contributed by atoms with Gasteiger partial charge < -0.3 is 20.4 Å². The van der Waals surface area contributed by atoms with Crippen molar-refractivity contribution in [3.8, 4) is 23.0 Å². The van der Waals surface area contributed by atoms with Crippen molar-refractivity contribution < 1.29 is 20.4 Å². The van der Waals surface area contributed by atoms with E-state index in [1.54, 1.807) is 0 Å². The lowest BCUT2D eigenvalue weighted by Crippen LogP contribution is -2.19. The summed E-state index contributed by atoms with van der Waals surface area (Å²) in [4.78, 5) is 0. The van der Waals surface area contributed by atoms with Crippen LogP contribution in [-0.2, 0) is 45.3 Å². The van der Waals surface area contributed by atoms with Crippen molar-refractivity contribution in [3.05, 3.63) is 115 Å². The average molecular weight is 765 g/mol. The molecule has 308 valence electrons. The van der Waals surface area contributed by atoms with Gasteiger partial charge in [-0.05, 0) is 126 Å². The molecule has 4 heteroatoms. The lowest BCUT2D eigenvalue weighted by atomic mass is 9.76. The Kier molecular flexibility index (Phi) is 13.1. The van der Waals surface area contributed by atoms with E-state index in [2.05, 4.69) is 173 Å². The number of phenols is 4. The molecule has 0 aromatic heterocycles. The van der Waals surface area contributed by atoms with Crippen LogP contribution in [0.15, 0.2) is 48.5 Å². The minimum atomic E-state index is -0.151. The Morgan fingerprint density at radius 3 is 0.625 bits per heavy atom. The van der Waals surface area contributed by atoms with Crippen molar-refractivity contribution >= 4 is 0 Å². The maximum atomic E-state index is 11.1. The molecule has 4 aromatic carbocycles. The highest BCUT2D eigenvalue weighted by atomic mass is 16.3. The molecule has 0 atom stereocenters. The second-order valence-corrected chi connectivity index (χ2v) is 22.6. The molecule has 4 nitrogen and oxygen atoms in total. The van der Waals surface area contributed by atoms with E-state index >= 15 is 0 Å². The van der Waals surface area contributed by atoms with Crippen LogP contribution in [-0.4, -0.2) is 20.4 Å². The van der Waals surface area contributed by atoms with Crippen LogP contribution in [0.2, 0.25) is 0 Å². The second kappa shape index (κ2) is 15.8. The number of hydrogen-bond acceptors (Lipinski definition) is 4. The molecule has 0 amide bonds. The van der Waals surface area contributed by atoms with E-state index in [1.165, 1.54) is 22.3 Å². The quantitative estimate of drug-likeness (QED) is 0.167. The highest BCUT2D eigenvalue weighted by Crippen LogP contribution is 2.43. The molecule has 0 aliphatic heterocycles. The molecule has 0 aliphatic carbocycles. The van der Waals surface area contributed by atoms with Gasteiger partial charge in [-0.15, -0.1) is 0 Å². The molecule has 0 radical (unpaired) electrons. The van der Waals surface area contributed by atoms with E-state index in [4.69, 9.17) is 0 Å². The molecule has 4 rings (SSSR count). The molecular formula is C52H76O4. The van der Waals surface area contributed by atoms with E-state index in [0.29, 0.717) is 23.0 Å². The topological polar surface area (TPSA) is 80.9 Å². The molecule has 4 aromatic rings. The third-order valence-corrected chi connectivity index (χ3v) is 10.7. The fourth-order valence-electron chi connectivity index (χ4n) is 7.41. The predicted molar refractivity (Wildman–Crippen MR) is 240 cm³/mol. The third-order valence-electron chi connectivity index (χ3n) is 10.7. The highest BCUT2D eigenvalue weighted by molar-refractivity contribution is 5.54. The molecule has 0 bridgehead atoms. The summed E-state index contributed by atoms with van der Waals surface area (Å²) in [5.74, 6) is 1.63. The Labute approximate surface area is 341 Å². The summed E-state index contributed by atoms with van der Waals surface area (Å²) in [6.45, 7) is 42.4. The monoisotopic (exact) mass is 765 g/mol. The normalized spacial score (nSPS) is 13.1. The maximum absolute atomic E-state index is 11.1. The summed E-state index contributed by atoms with van der Waals surface area (Å²) >= 11 is 0. The minimum absolute atomic E-state index is 0.105. The molecule has 0 unspecified atom stereocenters. The second-order valence-electron chi connectivity index (χ2n) is 22.6. The van der Waals surface area contributed by atoms with Crippen molar-refractivity contribution in [3.63, 3.8) is 0 Å². The summed E-state index contributed by atoms with van der Waals surface area (Å²) in [6, 6.07) is 17.0. The van der Waals surface area contributed by atoms with E-state index < -0.39 is 0 Å². The lowest BCUT2D eigenvalue weighted by molar-refractivity contribution is 0.422. The van der Waals surface area contributed by atoms with Crippen molar-refractivity contribution in [2.24, 2.45) is 0 Å². The fourth-order valence-corrected chi connectivity index (χ4v) is 7.41. The summed E-state index contributed by atoms with van der Waals surface area (Å²) < 4.78 is 0. The van der Waals surface area contributed by atoms with E-state index in [9.17, 15) is 20.4 Å². The van der Waals surface area contributed by atoms with Crippen molar-refractivity contribution in [2.45, 2.75) is 184 Å². The van der Waals surface area contributed by atoms with Crippen molar-refractivity contribution in [1.82, 2.24) is 0 Å². The van der Waals surface area contributed by atoms with Crippen LogP contribution in [0.5, 0.6) is 23.0 Å². The van der Waals surface area contributed by atoms with Crippen molar-refractivity contribution in [2.75, 3.05) is 0 Å². The summed E-state index contributed by atoms with van der Waals surface area (Å²) in [5, 5.41) is 43.0. The predicted octanol–water partition coefficient (Wildman–Crippen LogP) is 13.8. The van der Waals surface area contributed by atoms with Gasteiger partial charge in [0.2, 0.25) is 0 Å². The molecule has 0 fully saturated rings. The summed E-state index contributed by atoms with van der Waals surface area (Å²) in [7, 11) is 0. The Hall–Kier alpha value is -3.92. The van der Waals surface area contributed by atoms with Gasteiger partial charge in [-0.3, -0.25) is 0 Å². The fraction of sp³-hybridized carbons (Fsp3) is 0.538. The first-order chi connectivity index (χ1) is 25.0. The first-order valence-electron chi connectivity index (χ1n) is 20.4. The van der Waals surface area contributed by atoms with Crippen LogP contribution in [0.4, 0.5) is 0 Å². The van der Waals surface area contributed by atoms with Gasteiger partial charge in [-0.2, -0.15) is 0 Å². The largest absolute Gasteiger partial charge is 0.507 e. The Bertz CT molecular complexity index is 1820. The average Bonchev–Trinajstić information content (AvgIpc) is 2.99. The van der Waals surface area contributed by atoms with Crippen LogP contribution in [0.1, 0.15) is 191 Å². The van der Waals surface area contributed by atoms with Gasteiger partial charge >= 0.3 is 0 Å². The van der Waals surface area contributed by atoms with Gasteiger partial charge in [0.05, 0.1) is 0 Å². The van der Waals surface area contributed by atoms with Gasteiger partial charge in [0, 0.05) is 0 Å². The maximum Gasteiger partial charge on any atom is 0.123 e. The van der Waals surface area contributed by atoms with Gasteiger partial charge in [0.1, 0.15) is 23.0 Å². The molecule has 56 heavy (non-hydrogen) atoms. The van der Waals surface area contributed by atoms with Gasteiger partial charge in [0.25, 0.3) is 0 Å². The smallest absolute Gasteiger partial charge is 0.123 e. The number of rotatable bonds is 4. The number of hydrogen-bond donors (Lipinski definition) is 4. The summed E-state index contributed by atoms with van der Waals surface area (Å²) in [5.41, 5.74) is 11.7. The number of benzene rings is 4. The van der Waals surface area contributed by atoms with E-state index in [0.717, 1.165) is 57.3 Å². The SMILES string of the molecule is CC(C)(C)c1cc(Cc2cc(C(C)(C)C)c(O)c(C(C)(C)C)c2)cc(C(C)(C)C)c1O.Cc1cc(Cc2cc(C)c(O)c(C(C)(C)C)c2)cc(C(C)(C)C)c1O. The third kappa shape index (κ3) is 11.1. The Morgan fingerprint density at radius 2 is 0.446 bits per heavy atom. The molecule has 0 aliphatic rings. The van der Waals surface area contributed by atoms with Crippen LogP contribution in [0.25, 0.3) is 0 Å². The van der Waals surface area contributed by atoms with Crippen LogP contribution >= 0.6 is 0 Å². The number of aryl methyl sites for hydroxylation is 2. The standard InChI is InChI=1S/C29H44O2.C23H32O2/c1-26(2,3)20-14-18(15-21(24(20)30)27(4,5)6)13-19-16-22(28(7,8)9)25(31)23(17-19)29(10,11)12;1-14-9-16(12-18(20(14)24)22(3,4)5)11-17-10-15(2)21(25)19(13-17)23(6,7)8/h14-17,30-31H,13H2,1-12H3;9-10,12-13,24-25H,11H2,1-8H3. The zero-order valence-electron chi connectivity index (χ0n) is 38.8. The zero-order valence-corrected chi connectivity index (χ0v) is 38.8. The van der Waals surface area contributed by atoms with Gasteiger partial charge in [0.15, 0.2) is 0 Å². The Morgan fingerprint density at radius 1 is 0.286 bits per heavy atom. The van der Waals surface area contributed by atoms with Crippen molar-refractivity contribution in [1.29, 1.82) is 0 Å². The van der Waals surface area contributed by atoms with Crippen LogP contribution in [0, 0.1) is 13.8 Å². The molecule has 0 heterocycles. The molecule has 0 spiro atoms. The van der Waals surface area contributed by atoms with Crippen LogP contribution < -0.4 is 0 Å². The molecule has 0 saturated carbocycles. The highest BCUT2D eigenvalue weighted by Gasteiger charge is 2.29. The molecule has 0 saturated heterocycles. The van der Waals surface area contributed by atoms with Gasteiger partial charge in [-0.1, -0.05) is 173 Å². The Balaban J connectivity index is 0.000000307. The molecule has 4 N–H and O–H groups in total. The van der Waals surface area contributed by atoms with Gasteiger partial charge in [-0.25, -0.2) is 0 Å². The first kappa shape index (κ1) is 46.5. The zero-order chi connectivity index (χ0) is 43.3. The molecular weight excluding hydrogens is 689 g/mol. The lowest BCUT2D eigenvalue weighted by Gasteiger charge is -2.29. The first-order valence-corrected chi connectivity index (χ1v) is 20.4.